The lowest BCUT2D eigenvalue weighted by atomic mass is 9.98. The van der Waals surface area contributed by atoms with Crippen LogP contribution in [0, 0.1) is 5.92 Å². The van der Waals surface area contributed by atoms with Gasteiger partial charge < -0.3 is 10.1 Å². The Labute approximate surface area is 111 Å². The van der Waals surface area contributed by atoms with E-state index in [9.17, 15) is 4.79 Å². The summed E-state index contributed by atoms with van der Waals surface area (Å²) in [6.45, 7) is 11.6. The topological polar surface area (TPSA) is 41.6 Å². The first-order chi connectivity index (χ1) is 8.47. The molecule has 0 spiro atoms. The molecule has 1 unspecified atom stereocenters. The molecule has 0 saturated carbocycles. The Morgan fingerprint density at radius 2 is 2.11 bits per heavy atom. The highest BCUT2D eigenvalue weighted by Crippen LogP contribution is 2.15. The maximum Gasteiger partial charge on any atom is 0.320 e. The zero-order valence-corrected chi connectivity index (χ0v) is 12.2. The summed E-state index contributed by atoms with van der Waals surface area (Å²) < 4.78 is 5.19. The van der Waals surface area contributed by atoms with Crippen LogP contribution in [0.4, 0.5) is 0 Å². The highest BCUT2D eigenvalue weighted by molar-refractivity contribution is 5.71. The highest BCUT2D eigenvalue weighted by atomic mass is 16.5. The van der Waals surface area contributed by atoms with Crippen LogP contribution < -0.4 is 5.32 Å². The van der Waals surface area contributed by atoms with Gasteiger partial charge in [-0.3, -0.25) is 9.69 Å². The lowest BCUT2D eigenvalue weighted by Gasteiger charge is -2.32. The summed E-state index contributed by atoms with van der Waals surface area (Å²) in [6, 6.07) is 0.534. The molecule has 0 aromatic rings. The van der Waals surface area contributed by atoms with E-state index in [-0.39, 0.29) is 12.1 Å². The van der Waals surface area contributed by atoms with Crippen LogP contribution in [0.3, 0.4) is 0 Å². The SMILES string of the molecule is CC(C)NCC1CCCN(CC(=O)OC(C)C)C1. The van der Waals surface area contributed by atoms with Gasteiger partial charge in [0.15, 0.2) is 0 Å². The number of carbonyl (C=O) groups excluding carboxylic acids is 1. The number of esters is 1. The van der Waals surface area contributed by atoms with Crippen molar-refractivity contribution in [2.75, 3.05) is 26.2 Å². The van der Waals surface area contributed by atoms with Crippen LogP contribution in [0.15, 0.2) is 0 Å². The van der Waals surface area contributed by atoms with Gasteiger partial charge in [0, 0.05) is 12.6 Å². The van der Waals surface area contributed by atoms with Gasteiger partial charge in [-0.2, -0.15) is 0 Å². The average Bonchev–Trinajstić information content (AvgIpc) is 2.25. The number of nitrogens with zero attached hydrogens (tertiary/aromatic N) is 1. The first kappa shape index (κ1) is 15.4. The minimum absolute atomic E-state index is 0.0132. The lowest BCUT2D eigenvalue weighted by Crippen LogP contribution is -2.43. The largest absolute Gasteiger partial charge is 0.462 e. The number of carbonyl (C=O) groups is 1. The molecular formula is C14H28N2O2. The van der Waals surface area contributed by atoms with Crippen LogP contribution in [0.2, 0.25) is 0 Å². The molecule has 1 aliphatic heterocycles. The summed E-state index contributed by atoms with van der Waals surface area (Å²) >= 11 is 0. The van der Waals surface area contributed by atoms with Crippen molar-refractivity contribution in [3.8, 4) is 0 Å². The Hall–Kier alpha value is -0.610. The predicted octanol–water partition coefficient (Wildman–Crippen LogP) is 1.65. The molecule has 0 aromatic carbocycles. The summed E-state index contributed by atoms with van der Waals surface area (Å²) in [5, 5.41) is 3.48. The van der Waals surface area contributed by atoms with Crippen molar-refractivity contribution >= 4 is 5.97 Å². The first-order valence-corrected chi connectivity index (χ1v) is 7.12. The molecular weight excluding hydrogens is 228 g/mol. The molecule has 4 heteroatoms. The molecule has 0 radical (unpaired) electrons. The van der Waals surface area contributed by atoms with Crippen molar-refractivity contribution in [2.45, 2.75) is 52.7 Å². The van der Waals surface area contributed by atoms with Crippen LogP contribution in [-0.4, -0.2) is 49.2 Å². The molecule has 1 atom stereocenters. The van der Waals surface area contributed by atoms with Crippen molar-refractivity contribution in [3.05, 3.63) is 0 Å². The monoisotopic (exact) mass is 256 g/mol. The van der Waals surface area contributed by atoms with Gasteiger partial charge in [-0.15, -0.1) is 0 Å². The van der Waals surface area contributed by atoms with Crippen molar-refractivity contribution in [1.29, 1.82) is 0 Å². The van der Waals surface area contributed by atoms with E-state index < -0.39 is 0 Å². The Morgan fingerprint density at radius 1 is 1.39 bits per heavy atom. The third-order valence-corrected chi connectivity index (χ3v) is 3.14. The van der Waals surface area contributed by atoms with Gasteiger partial charge >= 0.3 is 5.97 Å². The Bertz CT molecular complexity index is 254. The number of nitrogens with one attached hydrogen (secondary N) is 1. The van der Waals surface area contributed by atoms with Crippen LogP contribution in [-0.2, 0) is 9.53 Å². The zero-order valence-electron chi connectivity index (χ0n) is 12.2. The molecule has 18 heavy (non-hydrogen) atoms. The third-order valence-electron chi connectivity index (χ3n) is 3.14. The molecule has 1 rings (SSSR count). The molecule has 1 heterocycles. The molecule has 4 nitrogen and oxygen atoms in total. The van der Waals surface area contributed by atoms with Crippen molar-refractivity contribution in [2.24, 2.45) is 5.92 Å². The second-order valence-electron chi connectivity index (χ2n) is 5.84. The Kier molecular flexibility index (Phi) is 6.65. The zero-order chi connectivity index (χ0) is 13.5. The van der Waals surface area contributed by atoms with Gasteiger partial charge in [0.1, 0.15) is 0 Å². The Morgan fingerprint density at radius 3 is 2.72 bits per heavy atom. The summed E-state index contributed by atoms with van der Waals surface area (Å²) in [4.78, 5) is 13.8. The fourth-order valence-electron chi connectivity index (χ4n) is 2.35. The average molecular weight is 256 g/mol. The van der Waals surface area contributed by atoms with E-state index in [0.717, 1.165) is 19.6 Å². The maximum absolute atomic E-state index is 11.6. The smallest absolute Gasteiger partial charge is 0.320 e. The first-order valence-electron chi connectivity index (χ1n) is 7.12. The molecule has 0 aliphatic carbocycles. The number of piperidine rings is 1. The highest BCUT2D eigenvalue weighted by Gasteiger charge is 2.22. The third kappa shape index (κ3) is 6.36. The number of hydrogen-bond acceptors (Lipinski definition) is 4. The normalized spacial score (nSPS) is 21.6. The van der Waals surface area contributed by atoms with Crippen molar-refractivity contribution < 1.29 is 9.53 Å². The van der Waals surface area contributed by atoms with E-state index in [1.165, 1.54) is 12.8 Å². The van der Waals surface area contributed by atoms with E-state index in [1.807, 2.05) is 13.8 Å². The predicted molar refractivity (Wildman–Crippen MR) is 73.5 cm³/mol. The fourth-order valence-corrected chi connectivity index (χ4v) is 2.35. The van der Waals surface area contributed by atoms with Crippen LogP contribution in [0.25, 0.3) is 0 Å². The van der Waals surface area contributed by atoms with E-state index in [1.54, 1.807) is 0 Å². The number of hydrogen-bond donors (Lipinski definition) is 1. The minimum Gasteiger partial charge on any atom is -0.462 e. The second kappa shape index (κ2) is 7.74. The maximum atomic E-state index is 11.6. The Balaban J connectivity index is 2.28. The van der Waals surface area contributed by atoms with Crippen LogP contribution in [0.1, 0.15) is 40.5 Å². The number of likely N-dealkylation sites (tertiary alicyclic amines) is 1. The molecule has 106 valence electrons. The summed E-state index contributed by atoms with van der Waals surface area (Å²) in [5.74, 6) is 0.565. The van der Waals surface area contributed by atoms with Gasteiger partial charge in [-0.25, -0.2) is 0 Å². The van der Waals surface area contributed by atoms with Gasteiger partial charge in [0.2, 0.25) is 0 Å². The number of ether oxygens (including phenoxy) is 1. The molecule has 1 fully saturated rings. The molecule has 0 bridgehead atoms. The van der Waals surface area contributed by atoms with Crippen molar-refractivity contribution in [1.82, 2.24) is 10.2 Å². The molecule has 1 N–H and O–H groups in total. The van der Waals surface area contributed by atoms with Crippen molar-refractivity contribution in [3.63, 3.8) is 0 Å². The van der Waals surface area contributed by atoms with E-state index in [2.05, 4.69) is 24.1 Å². The summed E-state index contributed by atoms with van der Waals surface area (Å²) in [5.41, 5.74) is 0. The minimum atomic E-state index is -0.0949. The van der Waals surface area contributed by atoms with Crippen LogP contribution in [0.5, 0.6) is 0 Å². The fraction of sp³-hybridized carbons (Fsp3) is 0.929. The van der Waals surface area contributed by atoms with Crippen LogP contribution >= 0.6 is 0 Å². The van der Waals surface area contributed by atoms with E-state index in [0.29, 0.717) is 18.5 Å². The standard InChI is InChI=1S/C14H28N2O2/c1-11(2)15-8-13-6-5-7-16(9-13)10-14(17)18-12(3)4/h11-13,15H,5-10H2,1-4H3. The van der Waals surface area contributed by atoms with Gasteiger partial charge in [0.25, 0.3) is 0 Å². The van der Waals surface area contributed by atoms with Gasteiger partial charge in [0.05, 0.1) is 12.6 Å². The summed E-state index contributed by atoms with van der Waals surface area (Å²) in [6.07, 6.45) is 2.43. The lowest BCUT2D eigenvalue weighted by molar-refractivity contribution is -0.149. The molecule has 0 amide bonds. The van der Waals surface area contributed by atoms with Gasteiger partial charge in [-0.1, -0.05) is 13.8 Å². The van der Waals surface area contributed by atoms with Gasteiger partial charge in [-0.05, 0) is 45.7 Å². The molecule has 1 saturated heterocycles. The van der Waals surface area contributed by atoms with E-state index in [4.69, 9.17) is 4.74 Å². The number of rotatable bonds is 6. The quantitative estimate of drug-likeness (QED) is 0.734. The second-order valence-corrected chi connectivity index (χ2v) is 5.84. The summed E-state index contributed by atoms with van der Waals surface area (Å²) in [7, 11) is 0. The van der Waals surface area contributed by atoms with E-state index >= 15 is 0 Å². The molecule has 1 aliphatic rings. The molecule has 0 aromatic heterocycles.